The molecule has 0 aliphatic carbocycles. The number of ether oxygens (including phenoxy) is 2. The number of nitrogens with two attached hydrogens (primary N) is 1. The number of hydrogen-bond acceptors (Lipinski definition) is 5. The van der Waals surface area contributed by atoms with Gasteiger partial charge in [-0.3, -0.25) is 4.79 Å². The van der Waals surface area contributed by atoms with Gasteiger partial charge in [0.1, 0.15) is 5.41 Å². The molecule has 2 saturated heterocycles. The smallest absolute Gasteiger partial charge is 0.236 e. The number of carbonyl (C=O) groups excluding carboxylic acids is 1. The van der Waals surface area contributed by atoms with E-state index in [1.165, 1.54) is 0 Å². The molecule has 1 amide bonds. The Labute approximate surface area is 112 Å². The highest BCUT2D eigenvalue weighted by molar-refractivity contribution is 6.06. The first-order valence-corrected chi connectivity index (χ1v) is 6.52. The van der Waals surface area contributed by atoms with Gasteiger partial charge in [-0.15, -0.1) is 0 Å². The first-order chi connectivity index (χ1) is 9.12. The average Bonchev–Trinajstić information content (AvgIpc) is 2.99. The van der Waals surface area contributed by atoms with Gasteiger partial charge in [-0.05, 0) is 19.3 Å². The average molecular weight is 271 g/mol. The third-order valence-electron chi connectivity index (χ3n) is 4.13. The molecular weight excluding hydrogens is 250 g/mol. The standard InChI is InChI=1S/C12H21N3O4/c1-15(9-2-5-19-8-9)11(16)12(10(13)14-17)3-6-18-7-4-12/h9,17H,2-8H2,1H3,(H2,13,14). The van der Waals surface area contributed by atoms with Gasteiger partial charge in [0.25, 0.3) is 0 Å². The van der Waals surface area contributed by atoms with Gasteiger partial charge < -0.3 is 25.3 Å². The number of oxime groups is 1. The lowest BCUT2D eigenvalue weighted by molar-refractivity contribution is -0.143. The number of likely N-dealkylation sites (N-methyl/N-ethyl adjacent to an activating group) is 1. The SMILES string of the molecule is CN(C(=O)C1(C(N)=NO)CCOCC1)C1CCOC1. The lowest BCUT2D eigenvalue weighted by atomic mass is 9.77. The zero-order valence-electron chi connectivity index (χ0n) is 11.2. The molecule has 2 heterocycles. The molecule has 0 aromatic rings. The Morgan fingerprint density at radius 2 is 2.05 bits per heavy atom. The Morgan fingerprint density at radius 3 is 2.58 bits per heavy atom. The predicted molar refractivity (Wildman–Crippen MR) is 67.9 cm³/mol. The van der Waals surface area contributed by atoms with Crippen molar-refractivity contribution in [1.29, 1.82) is 0 Å². The van der Waals surface area contributed by atoms with Crippen molar-refractivity contribution in [1.82, 2.24) is 4.90 Å². The highest BCUT2D eigenvalue weighted by Gasteiger charge is 2.47. The highest BCUT2D eigenvalue weighted by atomic mass is 16.5. The van der Waals surface area contributed by atoms with E-state index in [1.807, 2.05) is 0 Å². The first-order valence-electron chi connectivity index (χ1n) is 6.52. The van der Waals surface area contributed by atoms with Crippen LogP contribution in [0.3, 0.4) is 0 Å². The van der Waals surface area contributed by atoms with E-state index in [0.717, 1.165) is 6.42 Å². The summed E-state index contributed by atoms with van der Waals surface area (Å²) in [4.78, 5) is 14.4. The summed E-state index contributed by atoms with van der Waals surface area (Å²) in [6.07, 6.45) is 1.71. The van der Waals surface area contributed by atoms with Crippen molar-refractivity contribution in [3.05, 3.63) is 0 Å². The monoisotopic (exact) mass is 271 g/mol. The minimum absolute atomic E-state index is 0.0217. The van der Waals surface area contributed by atoms with Crippen LogP contribution in [0, 0.1) is 5.41 Å². The zero-order valence-corrected chi connectivity index (χ0v) is 11.2. The molecule has 0 bridgehead atoms. The Balaban J connectivity index is 2.19. The van der Waals surface area contributed by atoms with Gasteiger partial charge in [-0.1, -0.05) is 5.16 Å². The summed E-state index contributed by atoms with van der Waals surface area (Å²) in [6.45, 7) is 2.10. The van der Waals surface area contributed by atoms with Crippen molar-refractivity contribution in [2.75, 3.05) is 33.5 Å². The summed E-state index contributed by atoms with van der Waals surface area (Å²) in [5, 5.41) is 12.0. The van der Waals surface area contributed by atoms with Crippen LogP contribution in [0.2, 0.25) is 0 Å². The Kier molecular flexibility index (Phi) is 4.26. The molecule has 3 N–H and O–H groups in total. The van der Waals surface area contributed by atoms with Gasteiger partial charge >= 0.3 is 0 Å². The van der Waals surface area contributed by atoms with Gasteiger partial charge in [0.2, 0.25) is 5.91 Å². The maximum Gasteiger partial charge on any atom is 0.236 e. The molecule has 0 aromatic heterocycles. The highest BCUT2D eigenvalue weighted by Crippen LogP contribution is 2.34. The fourth-order valence-electron chi connectivity index (χ4n) is 2.73. The molecular formula is C12H21N3O4. The molecule has 0 radical (unpaired) electrons. The van der Waals surface area contributed by atoms with E-state index in [0.29, 0.717) is 39.3 Å². The number of rotatable bonds is 3. The molecule has 108 valence electrons. The van der Waals surface area contributed by atoms with E-state index in [-0.39, 0.29) is 17.8 Å². The molecule has 0 saturated carbocycles. The van der Waals surface area contributed by atoms with E-state index in [4.69, 9.17) is 20.4 Å². The van der Waals surface area contributed by atoms with Gasteiger partial charge in [0.15, 0.2) is 5.84 Å². The molecule has 2 aliphatic rings. The van der Waals surface area contributed by atoms with E-state index >= 15 is 0 Å². The van der Waals surface area contributed by atoms with Crippen LogP contribution in [-0.4, -0.2) is 61.4 Å². The second-order valence-electron chi connectivity index (χ2n) is 5.11. The van der Waals surface area contributed by atoms with Crippen molar-refractivity contribution < 1.29 is 19.5 Å². The fourth-order valence-corrected chi connectivity index (χ4v) is 2.73. The van der Waals surface area contributed by atoms with Gasteiger partial charge in [0, 0.05) is 26.9 Å². The summed E-state index contributed by atoms with van der Waals surface area (Å²) in [7, 11) is 1.75. The largest absolute Gasteiger partial charge is 0.409 e. The third kappa shape index (κ3) is 2.52. The molecule has 0 spiro atoms. The predicted octanol–water partition coefficient (Wildman–Crippen LogP) is -0.223. The number of amides is 1. The molecule has 0 aromatic carbocycles. The Morgan fingerprint density at radius 1 is 1.37 bits per heavy atom. The molecule has 19 heavy (non-hydrogen) atoms. The maximum atomic E-state index is 12.8. The molecule has 1 unspecified atom stereocenters. The molecule has 2 fully saturated rings. The van der Waals surface area contributed by atoms with Crippen LogP contribution in [-0.2, 0) is 14.3 Å². The molecule has 2 rings (SSSR count). The first kappa shape index (κ1) is 14.1. The number of carbonyl (C=O) groups is 1. The van der Waals surface area contributed by atoms with Gasteiger partial charge in [-0.2, -0.15) is 0 Å². The summed E-state index contributed by atoms with van der Waals surface area (Å²) in [5.41, 5.74) is 4.85. The van der Waals surface area contributed by atoms with Crippen LogP contribution < -0.4 is 5.73 Å². The zero-order chi connectivity index (χ0) is 13.9. The number of hydrogen-bond donors (Lipinski definition) is 2. The fraction of sp³-hybridized carbons (Fsp3) is 0.833. The Bertz CT molecular complexity index is 360. The topological polar surface area (TPSA) is 97.4 Å². The van der Waals surface area contributed by atoms with Crippen LogP contribution in [0.1, 0.15) is 19.3 Å². The van der Waals surface area contributed by atoms with Gasteiger partial charge in [-0.25, -0.2) is 0 Å². The summed E-state index contributed by atoms with van der Waals surface area (Å²) < 4.78 is 10.6. The van der Waals surface area contributed by atoms with E-state index in [2.05, 4.69) is 5.16 Å². The minimum atomic E-state index is -0.940. The van der Waals surface area contributed by atoms with Crippen molar-refractivity contribution in [2.45, 2.75) is 25.3 Å². The van der Waals surface area contributed by atoms with Crippen molar-refractivity contribution in [2.24, 2.45) is 16.3 Å². The van der Waals surface area contributed by atoms with Crippen molar-refractivity contribution in [3.8, 4) is 0 Å². The summed E-state index contributed by atoms with van der Waals surface area (Å²) in [5.74, 6) is -0.131. The van der Waals surface area contributed by atoms with E-state index in [1.54, 1.807) is 11.9 Å². The normalized spacial score (nSPS) is 27.2. The van der Waals surface area contributed by atoms with Crippen molar-refractivity contribution in [3.63, 3.8) is 0 Å². The van der Waals surface area contributed by atoms with Crippen LogP contribution in [0.25, 0.3) is 0 Å². The second kappa shape index (κ2) is 5.75. The van der Waals surface area contributed by atoms with E-state index < -0.39 is 5.41 Å². The number of amidine groups is 1. The number of nitrogens with zero attached hydrogens (tertiary/aromatic N) is 2. The van der Waals surface area contributed by atoms with E-state index in [9.17, 15) is 4.79 Å². The third-order valence-corrected chi connectivity index (χ3v) is 4.13. The molecule has 2 aliphatic heterocycles. The lowest BCUT2D eigenvalue weighted by Crippen LogP contribution is -2.55. The lowest BCUT2D eigenvalue weighted by Gasteiger charge is -2.38. The molecule has 1 atom stereocenters. The quantitative estimate of drug-likeness (QED) is 0.320. The molecule has 7 nitrogen and oxygen atoms in total. The minimum Gasteiger partial charge on any atom is -0.409 e. The second-order valence-corrected chi connectivity index (χ2v) is 5.11. The molecule has 7 heteroatoms. The van der Waals surface area contributed by atoms with Crippen LogP contribution in [0.5, 0.6) is 0 Å². The van der Waals surface area contributed by atoms with Crippen LogP contribution in [0.4, 0.5) is 0 Å². The van der Waals surface area contributed by atoms with Gasteiger partial charge in [0.05, 0.1) is 12.6 Å². The van der Waals surface area contributed by atoms with Crippen LogP contribution >= 0.6 is 0 Å². The maximum absolute atomic E-state index is 12.8. The van der Waals surface area contributed by atoms with Crippen LogP contribution in [0.15, 0.2) is 5.16 Å². The van der Waals surface area contributed by atoms with Crippen molar-refractivity contribution >= 4 is 11.7 Å². The Hall–Kier alpha value is -1.34. The summed E-state index contributed by atoms with van der Waals surface area (Å²) in [6, 6.07) is 0.0683. The summed E-state index contributed by atoms with van der Waals surface area (Å²) >= 11 is 0.